The number of H-pyrrole nitrogens is 2. The Morgan fingerprint density at radius 1 is 1.03 bits per heavy atom. The van der Waals surface area contributed by atoms with Crippen LogP contribution in [0, 0.1) is 0 Å². The number of ether oxygens (including phenoxy) is 1. The number of benzene rings is 2. The Morgan fingerprint density at radius 2 is 1.76 bits per heavy atom. The van der Waals surface area contributed by atoms with Gasteiger partial charge in [0.05, 0.1) is 23.8 Å². The first-order chi connectivity index (χ1) is 16.6. The van der Waals surface area contributed by atoms with Crippen molar-refractivity contribution in [2.24, 2.45) is 0 Å². The van der Waals surface area contributed by atoms with Gasteiger partial charge in [0.15, 0.2) is 0 Å². The van der Waals surface area contributed by atoms with Crippen LogP contribution >= 0.6 is 0 Å². The molecule has 1 aromatic heterocycles. The monoisotopic (exact) mass is 463 g/mol. The molecular formula is C27H37N5O2. The molecule has 1 saturated heterocycles. The van der Waals surface area contributed by atoms with Crippen LogP contribution in [0.5, 0.6) is 5.75 Å². The lowest BCUT2D eigenvalue weighted by Gasteiger charge is -2.39. The maximum Gasteiger partial charge on any atom is 0.323 e. The van der Waals surface area contributed by atoms with Crippen LogP contribution in [0.15, 0.2) is 41.2 Å². The summed E-state index contributed by atoms with van der Waals surface area (Å²) in [5.74, 6) is 0.962. The minimum atomic E-state index is -0.118. The van der Waals surface area contributed by atoms with E-state index in [9.17, 15) is 4.79 Å². The zero-order valence-electron chi connectivity index (χ0n) is 20.5. The third-order valence-electron chi connectivity index (χ3n) is 7.57. The van der Waals surface area contributed by atoms with Gasteiger partial charge in [-0.3, -0.25) is 9.80 Å². The molecule has 3 aromatic rings. The van der Waals surface area contributed by atoms with E-state index in [0.29, 0.717) is 6.04 Å². The highest BCUT2D eigenvalue weighted by Crippen LogP contribution is 2.29. The molecular weight excluding hydrogens is 426 g/mol. The van der Waals surface area contributed by atoms with Gasteiger partial charge in [-0.1, -0.05) is 19.1 Å². The van der Waals surface area contributed by atoms with Crippen molar-refractivity contribution in [3.05, 3.63) is 58.0 Å². The number of piperazine rings is 1. The first-order valence-corrected chi connectivity index (χ1v) is 12.7. The molecule has 7 heteroatoms. The summed E-state index contributed by atoms with van der Waals surface area (Å²) in [6.45, 7) is 9.91. The Labute approximate surface area is 201 Å². The van der Waals surface area contributed by atoms with Gasteiger partial charge in [0.25, 0.3) is 0 Å². The Kier molecular flexibility index (Phi) is 6.92. The molecule has 0 spiro atoms. The van der Waals surface area contributed by atoms with Gasteiger partial charge in [-0.2, -0.15) is 0 Å². The number of hydrogen-bond acceptors (Lipinski definition) is 5. The predicted molar refractivity (Wildman–Crippen MR) is 138 cm³/mol. The van der Waals surface area contributed by atoms with Gasteiger partial charge in [0.2, 0.25) is 0 Å². The zero-order chi connectivity index (χ0) is 23.5. The second-order valence-corrected chi connectivity index (χ2v) is 9.68. The van der Waals surface area contributed by atoms with E-state index < -0.39 is 0 Å². The van der Waals surface area contributed by atoms with Crippen molar-refractivity contribution in [2.75, 3.05) is 57.8 Å². The molecule has 2 heterocycles. The molecule has 34 heavy (non-hydrogen) atoms. The number of nitrogens with one attached hydrogen (secondary N) is 2. The molecule has 1 unspecified atom stereocenters. The minimum Gasteiger partial charge on any atom is -0.495 e. The second-order valence-electron chi connectivity index (χ2n) is 9.68. The largest absolute Gasteiger partial charge is 0.495 e. The van der Waals surface area contributed by atoms with Crippen molar-refractivity contribution < 1.29 is 4.74 Å². The summed E-state index contributed by atoms with van der Waals surface area (Å²) >= 11 is 0. The summed E-state index contributed by atoms with van der Waals surface area (Å²) in [5.41, 5.74) is 5.73. The molecule has 2 aromatic carbocycles. The fourth-order valence-corrected chi connectivity index (χ4v) is 5.72. The number of methoxy groups -OCH3 is 1. The lowest BCUT2D eigenvalue weighted by molar-refractivity contribution is 0.145. The molecule has 1 atom stereocenters. The molecule has 0 amide bonds. The van der Waals surface area contributed by atoms with E-state index in [4.69, 9.17) is 4.74 Å². The van der Waals surface area contributed by atoms with Gasteiger partial charge < -0.3 is 19.6 Å². The van der Waals surface area contributed by atoms with E-state index in [1.54, 1.807) is 7.11 Å². The van der Waals surface area contributed by atoms with Crippen molar-refractivity contribution in [3.63, 3.8) is 0 Å². The molecule has 1 aliphatic carbocycles. The highest BCUT2D eigenvalue weighted by molar-refractivity contribution is 5.76. The molecule has 1 fully saturated rings. The summed E-state index contributed by atoms with van der Waals surface area (Å²) < 4.78 is 5.57. The van der Waals surface area contributed by atoms with Crippen molar-refractivity contribution in [1.82, 2.24) is 19.8 Å². The van der Waals surface area contributed by atoms with E-state index in [0.717, 1.165) is 75.4 Å². The molecule has 0 radical (unpaired) electrons. The number of para-hydroxylation sites is 2. The van der Waals surface area contributed by atoms with Crippen LogP contribution in [0.4, 0.5) is 5.69 Å². The minimum absolute atomic E-state index is 0.118. The number of imidazole rings is 1. The van der Waals surface area contributed by atoms with Crippen LogP contribution in [-0.4, -0.2) is 78.7 Å². The third kappa shape index (κ3) is 4.86. The predicted octanol–water partition coefficient (Wildman–Crippen LogP) is 3.26. The van der Waals surface area contributed by atoms with Gasteiger partial charge in [-0.05, 0) is 67.6 Å². The van der Waals surface area contributed by atoms with E-state index in [-0.39, 0.29) is 5.69 Å². The van der Waals surface area contributed by atoms with Crippen LogP contribution in [0.25, 0.3) is 11.0 Å². The van der Waals surface area contributed by atoms with Crippen LogP contribution in [0.3, 0.4) is 0 Å². The van der Waals surface area contributed by atoms with Crippen LogP contribution < -0.4 is 15.3 Å². The Bertz CT molecular complexity index is 1160. The average Bonchev–Trinajstić information content (AvgIpc) is 3.23. The van der Waals surface area contributed by atoms with Crippen molar-refractivity contribution in [1.29, 1.82) is 0 Å². The Balaban J connectivity index is 1.18. The number of aromatic amines is 2. The lowest BCUT2D eigenvalue weighted by atomic mass is 9.87. The van der Waals surface area contributed by atoms with Crippen molar-refractivity contribution in [3.8, 4) is 5.75 Å². The molecule has 1 aliphatic heterocycles. The van der Waals surface area contributed by atoms with Gasteiger partial charge in [-0.25, -0.2) is 4.79 Å². The summed E-state index contributed by atoms with van der Waals surface area (Å²) in [5, 5.41) is 0. The molecule has 182 valence electrons. The topological polar surface area (TPSA) is 67.6 Å². The molecule has 2 aliphatic rings. The zero-order valence-corrected chi connectivity index (χ0v) is 20.5. The number of nitrogens with zero attached hydrogens (tertiary/aromatic N) is 3. The summed E-state index contributed by atoms with van der Waals surface area (Å²) in [6, 6.07) is 13.3. The smallest absolute Gasteiger partial charge is 0.323 e. The van der Waals surface area contributed by atoms with Crippen LogP contribution in [0.1, 0.15) is 30.9 Å². The number of rotatable bonds is 8. The molecule has 7 nitrogen and oxygen atoms in total. The summed E-state index contributed by atoms with van der Waals surface area (Å²) in [4.78, 5) is 25.3. The first-order valence-electron chi connectivity index (χ1n) is 12.7. The number of anilines is 1. The average molecular weight is 464 g/mol. The summed E-state index contributed by atoms with van der Waals surface area (Å²) in [6.07, 6.45) is 4.52. The highest BCUT2D eigenvalue weighted by Gasteiger charge is 2.26. The quantitative estimate of drug-likeness (QED) is 0.537. The first kappa shape index (κ1) is 23.0. The Hall–Kier alpha value is -2.77. The fraction of sp³-hybridized carbons (Fsp3) is 0.519. The Morgan fingerprint density at radius 3 is 2.50 bits per heavy atom. The van der Waals surface area contributed by atoms with E-state index >= 15 is 0 Å². The standard InChI is InChI=1S/C27H37N5O2/c1-3-10-31(22-9-8-20-18-23-24(19-21(20)17-22)29-27(33)28-23)14-11-30-12-15-32(16-13-30)25-6-4-5-7-26(25)34-2/h4-7,18-19,22H,3,8-17H2,1-2H3,(H2,28,29,33). The van der Waals surface area contributed by atoms with Crippen LogP contribution in [-0.2, 0) is 12.8 Å². The molecule has 0 saturated carbocycles. The summed E-state index contributed by atoms with van der Waals surface area (Å²) in [7, 11) is 1.75. The van der Waals surface area contributed by atoms with E-state index in [2.05, 4.69) is 55.9 Å². The number of fused-ring (bicyclic) bond motifs is 2. The number of hydrogen-bond donors (Lipinski definition) is 2. The third-order valence-corrected chi connectivity index (χ3v) is 7.57. The van der Waals surface area contributed by atoms with Crippen molar-refractivity contribution in [2.45, 2.75) is 38.6 Å². The number of aromatic nitrogens is 2. The maximum absolute atomic E-state index is 11.7. The normalized spacial score (nSPS) is 19.0. The van der Waals surface area contributed by atoms with Gasteiger partial charge in [-0.15, -0.1) is 0 Å². The van der Waals surface area contributed by atoms with Gasteiger partial charge in [0, 0.05) is 45.3 Å². The maximum atomic E-state index is 11.7. The van der Waals surface area contributed by atoms with E-state index in [1.807, 2.05) is 12.1 Å². The van der Waals surface area contributed by atoms with Gasteiger partial charge >= 0.3 is 5.69 Å². The SMILES string of the molecule is CCCN(CCN1CCN(c2ccccc2OC)CC1)C1CCc2cc3[nH]c(=O)[nH]c3cc2C1. The molecule has 5 rings (SSSR count). The number of aryl methyl sites for hydroxylation is 1. The molecule has 2 N–H and O–H groups in total. The fourth-order valence-electron chi connectivity index (χ4n) is 5.72. The van der Waals surface area contributed by atoms with E-state index in [1.165, 1.54) is 29.7 Å². The lowest BCUT2D eigenvalue weighted by Crippen LogP contribution is -2.50. The molecule has 0 bridgehead atoms. The van der Waals surface area contributed by atoms with Crippen molar-refractivity contribution >= 4 is 16.7 Å². The highest BCUT2D eigenvalue weighted by atomic mass is 16.5. The van der Waals surface area contributed by atoms with Crippen LogP contribution in [0.2, 0.25) is 0 Å². The second kappa shape index (κ2) is 10.2. The van der Waals surface area contributed by atoms with Gasteiger partial charge in [0.1, 0.15) is 5.75 Å².